The van der Waals surface area contributed by atoms with Gasteiger partial charge in [-0.3, -0.25) is 14.1 Å². The van der Waals surface area contributed by atoms with Gasteiger partial charge >= 0.3 is 11.9 Å². The first-order valence-corrected chi connectivity index (χ1v) is 26.3. The molecule has 372 valence electrons. The highest BCUT2D eigenvalue weighted by molar-refractivity contribution is 7.85. The molecule has 1 saturated heterocycles. The van der Waals surface area contributed by atoms with Crippen LogP contribution in [0.15, 0.2) is 85.1 Å². The fourth-order valence-corrected chi connectivity index (χ4v) is 7.60. The van der Waals surface area contributed by atoms with Crippen molar-refractivity contribution in [1.82, 2.24) is 0 Å². The Morgan fingerprint density at radius 1 is 0.538 bits per heavy atom. The highest BCUT2D eigenvalue weighted by atomic mass is 32.2. The van der Waals surface area contributed by atoms with Crippen molar-refractivity contribution in [3.8, 4) is 0 Å². The SMILES string of the molecule is CC/C=C\C/C=C\C/C=C\C/C=C\C/C=C\CCCCCC(=O)OC(COC(=O)CCCCCCCCC/C=C\C/C=C\CCCCCC)COC1OC(CS(=O)(=O)O)C(O)C(O)C1O. The van der Waals surface area contributed by atoms with Crippen LogP contribution in [0.5, 0.6) is 0 Å². The summed E-state index contributed by atoms with van der Waals surface area (Å²) in [5.74, 6) is -2.05. The van der Waals surface area contributed by atoms with Gasteiger partial charge in [0.2, 0.25) is 0 Å². The minimum absolute atomic E-state index is 0.119. The van der Waals surface area contributed by atoms with Crippen molar-refractivity contribution in [2.75, 3.05) is 19.0 Å². The van der Waals surface area contributed by atoms with Gasteiger partial charge in [-0.1, -0.05) is 157 Å². The molecule has 6 unspecified atom stereocenters. The predicted octanol–water partition coefficient (Wildman–Crippen LogP) is 10.8. The lowest BCUT2D eigenvalue weighted by atomic mass is 10.00. The van der Waals surface area contributed by atoms with Crippen molar-refractivity contribution in [2.45, 2.75) is 211 Å². The molecule has 0 bridgehead atoms. The molecular formula is C52H86O12S. The van der Waals surface area contributed by atoms with Gasteiger partial charge in [0.15, 0.2) is 12.4 Å². The van der Waals surface area contributed by atoms with Crippen LogP contribution < -0.4 is 0 Å². The summed E-state index contributed by atoms with van der Waals surface area (Å²) in [5.41, 5.74) is 0. The Hall–Kier alpha value is -3.17. The van der Waals surface area contributed by atoms with E-state index >= 15 is 0 Å². The van der Waals surface area contributed by atoms with Gasteiger partial charge in [0.1, 0.15) is 36.8 Å². The first-order valence-electron chi connectivity index (χ1n) is 24.6. The lowest BCUT2D eigenvalue weighted by molar-refractivity contribution is -0.297. The molecule has 13 heteroatoms. The summed E-state index contributed by atoms with van der Waals surface area (Å²) in [6.45, 7) is 3.60. The Bertz CT molecular complexity index is 1510. The number of ether oxygens (including phenoxy) is 4. The molecule has 0 amide bonds. The maximum Gasteiger partial charge on any atom is 0.306 e. The summed E-state index contributed by atoms with van der Waals surface area (Å²) in [6, 6.07) is 0. The lowest BCUT2D eigenvalue weighted by Gasteiger charge is -2.40. The van der Waals surface area contributed by atoms with E-state index in [4.69, 9.17) is 18.9 Å². The van der Waals surface area contributed by atoms with Crippen LogP contribution in [0.4, 0.5) is 0 Å². The molecule has 4 N–H and O–H groups in total. The molecule has 1 rings (SSSR count). The second-order valence-corrected chi connectivity index (χ2v) is 18.2. The number of aliphatic hydroxyl groups excluding tert-OH is 3. The van der Waals surface area contributed by atoms with E-state index in [2.05, 4.69) is 98.9 Å². The van der Waals surface area contributed by atoms with Crippen molar-refractivity contribution in [3.05, 3.63) is 85.1 Å². The summed E-state index contributed by atoms with van der Waals surface area (Å²) in [7, 11) is -4.62. The molecule has 1 fully saturated rings. The summed E-state index contributed by atoms with van der Waals surface area (Å²) >= 11 is 0. The Morgan fingerprint density at radius 3 is 1.46 bits per heavy atom. The monoisotopic (exact) mass is 935 g/mol. The van der Waals surface area contributed by atoms with Crippen molar-refractivity contribution in [2.24, 2.45) is 0 Å². The topological polar surface area (TPSA) is 186 Å². The molecule has 12 nitrogen and oxygen atoms in total. The summed E-state index contributed by atoms with van der Waals surface area (Å²) in [4.78, 5) is 25.5. The van der Waals surface area contributed by atoms with Crippen LogP contribution in [-0.4, -0.2) is 96.0 Å². The predicted molar refractivity (Wildman–Crippen MR) is 261 cm³/mol. The minimum atomic E-state index is -4.62. The largest absolute Gasteiger partial charge is 0.462 e. The highest BCUT2D eigenvalue weighted by Crippen LogP contribution is 2.24. The van der Waals surface area contributed by atoms with E-state index in [0.29, 0.717) is 12.8 Å². The van der Waals surface area contributed by atoms with Crippen LogP contribution in [0, 0.1) is 0 Å². The molecule has 1 aliphatic heterocycles. The third-order valence-electron chi connectivity index (χ3n) is 10.7. The third-order valence-corrected chi connectivity index (χ3v) is 11.5. The van der Waals surface area contributed by atoms with Crippen molar-refractivity contribution in [1.29, 1.82) is 0 Å². The molecule has 0 aromatic heterocycles. The zero-order valence-electron chi connectivity index (χ0n) is 39.8. The van der Waals surface area contributed by atoms with Crippen LogP contribution in [-0.2, 0) is 38.7 Å². The smallest absolute Gasteiger partial charge is 0.306 e. The number of esters is 2. The maximum atomic E-state index is 12.8. The number of hydrogen-bond acceptors (Lipinski definition) is 11. The number of carbonyl (C=O) groups excluding carboxylic acids is 2. The summed E-state index contributed by atoms with van der Waals surface area (Å²) in [6.07, 6.45) is 44.7. The van der Waals surface area contributed by atoms with Crippen molar-refractivity contribution in [3.63, 3.8) is 0 Å². The van der Waals surface area contributed by atoms with E-state index in [0.717, 1.165) is 89.9 Å². The van der Waals surface area contributed by atoms with E-state index in [1.165, 1.54) is 44.9 Å². The van der Waals surface area contributed by atoms with Crippen LogP contribution in [0.2, 0.25) is 0 Å². The fraction of sp³-hybridized carbons (Fsp3) is 0.692. The van der Waals surface area contributed by atoms with Crippen LogP contribution in [0.3, 0.4) is 0 Å². The average molecular weight is 935 g/mol. The second kappa shape index (κ2) is 41.1. The van der Waals surface area contributed by atoms with Crippen LogP contribution in [0.25, 0.3) is 0 Å². The van der Waals surface area contributed by atoms with Gasteiger partial charge in [-0.15, -0.1) is 0 Å². The fourth-order valence-electron chi connectivity index (χ4n) is 6.91. The molecule has 0 radical (unpaired) electrons. The standard InChI is InChI=1S/C52H86O12S/c1-3-5-7-9-11-13-15-17-19-21-23-25-27-29-31-33-35-37-39-41-48(54)63-45(43-62-52-51(57)50(56)49(55)46(64-52)44-65(58,59)60)42-61-47(53)40-38-36-34-32-30-28-26-24-22-20-18-16-14-12-10-8-6-4-2/h5,7,11,13-14,16-17,19-20,22-23,25,29,31,45-46,49-52,55-57H,3-4,6,8-10,12,15,18,21,24,26-28,30,32-44H2,1-2H3,(H,58,59,60)/b7-5-,13-11-,16-14-,19-17-,22-20-,25-23-,31-29-. The minimum Gasteiger partial charge on any atom is -0.462 e. The highest BCUT2D eigenvalue weighted by Gasteiger charge is 2.46. The van der Waals surface area contributed by atoms with E-state index in [1.54, 1.807) is 0 Å². The molecule has 0 aliphatic carbocycles. The number of aliphatic hydroxyl groups is 3. The Kier molecular flexibility index (Phi) is 37.8. The van der Waals surface area contributed by atoms with Crippen molar-refractivity contribution < 1.29 is 56.8 Å². The molecule has 1 heterocycles. The Morgan fingerprint density at radius 2 is 0.969 bits per heavy atom. The van der Waals surface area contributed by atoms with E-state index in [9.17, 15) is 37.9 Å². The first kappa shape index (κ1) is 59.8. The lowest BCUT2D eigenvalue weighted by Crippen LogP contribution is -2.60. The molecule has 0 saturated carbocycles. The van der Waals surface area contributed by atoms with Gasteiger partial charge in [0.05, 0.1) is 6.61 Å². The Labute approximate surface area is 392 Å². The molecule has 6 atom stereocenters. The second-order valence-electron chi connectivity index (χ2n) is 16.7. The van der Waals surface area contributed by atoms with Gasteiger partial charge < -0.3 is 34.3 Å². The zero-order chi connectivity index (χ0) is 47.6. The number of unbranched alkanes of at least 4 members (excludes halogenated alkanes) is 14. The number of rotatable bonds is 40. The molecule has 65 heavy (non-hydrogen) atoms. The van der Waals surface area contributed by atoms with Crippen LogP contribution in [0.1, 0.15) is 174 Å². The van der Waals surface area contributed by atoms with E-state index in [1.807, 2.05) is 0 Å². The van der Waals surface area contributed by atoms with E-state index < -0.39 is 71.2 Å². The van der Waals surface area contributed by atoms with Gasteiger partial charge in [-0.05, 0) is 89.9 Å². The van der Waals surface area contributed by atoms with Gasteiger partial charge in [-0.2, -0.15) is 8.42 Å². The summed E-state index contributed by atoms with van der Waals surface area (Å²) < 4.78 is 54.2. The van der Waals surface area contributed by atoms with Gasteiger partial charge in [0.25, 0.3) is 10.1 Å². The molecule has 0 aromatic carbocycles. The van der Waals surface area contributed by atoms with Crippen molar-refractivity contribution >= 4 is 22.1 Å². The zero-order valence-corrected chi connectivity index (χ0v) is 40.6. The number of carbonyl (C=O) groups is 2. The van der Waals surface area contributed by atoms with Gasteiger partial charge in [0, 0.05) is 12.8 Å². The molecule has 0 aromatic rings. The summed E-state index contributed by atoms with van der Waals surface area (Å²) in [5, 5.41) is 30.9. The Balaban J connectivity index is 2.45. The third kappa shape index (κ3) is 35.7. The first-order chi connectivity index (χ1) is 31.5. The normalized spacial score (nSPS) is 20.2. The molecular weight excluding hydrogens is 849 g/mol. The number of allylic oxidation sites excluding steroid dienone is 14. The molecule has 1 aliphatic rings. The van der Waals surface area contributed by atoms with Gasteiger partial charge in [-0.25, -0.2) is 0 Å². The van der Waals surface area contributed by atoms with E-state index in [-0.39, 0.29) is 19.4 Å². The average Bonchev–Trinajstić information content (AvgIpc) is 3.27. The molecule has 0 spiro atoms. The van der Waals surface area contributed by atoms with Crippen LogP contribution >= 0.6 is 0 Å². The quantitative estimate of drug-likeness (QED) is 0.0197. The number of hydrogen-bond donors (Lipinski definition) is 4. The maximum absolute atomic E-state index is 12.8.